The fourth-order valence-electron chi connectivity index (χ4n) is 1.79. The van der Waals surface area contributed by atoms with Gasteiger partial charge in [0.2, 0.25) is 0 Å². The second-order valence-electron chi connectivity index (χ2n) is 4.59. The summed E-state index contributed by atoms with van der Waals surface area (Å²) in [5.41, 5.74) is 0. The summed E-state index contributed by atoms with van der Waals surface area (Å²) in [5.74, 6) is -0.802. The molecule has 19 heavy (non-hydrogen) atoms. The van der Waals surface area contributed by atoms with Gasteiger partial charge in [0.1, 0.15) is 6.10 Å². The van der Waals surface area contributed by atoms with Gasteiger partial charge in [0, 0.05) is 32.5 Å². The van der Waals surface area contributed by atoms with Gasteiger partial charge < -0.3 is 18.3 Å². The molecule has 0 aromatic carbocycles. The van der Waals surface area contributed by atoms with Gasteiger partial charge in [-0.25, -0.2) is 0 Å². The molecule has 0 amide bonds. The van der Waals surface area contributed by atoms with Gasteiger partial charge in [0.25, 0.3) is 11.9 Å². The highest BCUT2D eigenvalue weighted by Gasteiger charge is 2.41. The molecule has 6 nitrogen and oxygen atoms in total. The molecule has 110 valence electrons. The van der Waals surface area contributed by atoms with Crippen molar-refractivity contribution in [3.8, 4) is 0 Å². The number of carbonyl (C=O) groups is 2. The van der Waals surface area contributed by atoms with Gasteiger partial charge in [-0.2, -0.15) is 0 Å². The molecule has 1 rings (SSSR count). The zero-order chi connectivity index (χ0) is 14.3. The molecule has 0 aliphatic carbocycles. The highest BCUT2D eigenvalue weighted by atomic mass is 28.4. The van der Waals surface area contributed by atoms with Crippen LogP contribution in [-0.2, 0) is 27.9 Å². The summed E-state index contributed by atoms with van der Waals surface area (Å²) < 4.78 is 21.1. The Hall–Kier alpha value is -0.923. The van der Waals surface area contributed by atoms with Gasteiger partial charge in [0.05, 0.1) is 13.2 Å². The smallest absolute Gasteiger partial charge is 0.464 e. The monoisotopic (exact) mass is 290 g/mol. The second-order valence-corrected chi connectivity index (χ2v) is 8.02. The number of hydrogen-bond acceptors (Lipinski definition) is 6. The van der Waals surface area contributed by atoms with Crippen LogP contribution in [0, 0.1) is 0 Å². The quantitative estimate of drug-likeness (QED) is 0.363. The van der Waals surface area contributed by atoms with Crippen LogP contribution in [0.25, 0.3) is 0 Å². The molecule has 7 heteroatoms. The van der Waals surface area contributed by atoms with Crippen LogP contribution >= 0.6 is 0 Å². The molecule has 1 unspecified atom stereocenters. The van der Waals surface area contributed by atoms with E-state index in [-0.39, 0.29) is 6.10 Å². The molecular formula is C12H22O6Si. The van der Waals surface area contributed by atoms with E-state index in [1.54, 1.807) is 0 Å². The van der Waals surface area contributed by atoms with Crippen LogP contribution in [0.15, 0.2) is 0 Å². The average Bonchev–Trinajstić information content (AvgIpc) is 3.10. The van der Waals surface area contributed by atoms with Crippen molar-refractivity contribution in [2.75, 3.05) is 19.8 Å². The minimum Gasteiger partial charge on any atom is -0.485 e. The largest absolute Gasteiger partial charge is 0.485 e. The van der Waals surface area contributed by atoms with Crippen LogP contribution in [0.2, 0.25) is 12.1 Å². The Morgan fingerprint density at radius 2 is 1.84 bits per heavy atom. The number of hydrogen-bond donors (Lipinski definition) is 0. The summed E-state index contributed by atoms with van der Waals surface area (Å²) >= 11 is 0. The lowest BCUT2D eigenvalue weighted by Gasteiger charge is -2.27. The number of rotatable bonds is 9. The van der Waals surface area contributed by atoms with Crippen molar-refractivity contribution in [2.24, 2.45) is 0 Å². The third-order valence-electron chi connectivity index (χ3n) is 2.75. The highest BCUT2D eigenvalue weighted by molar-refractivity contribution is 6.70. The first-order chi connectivity index (χ1) is 8.97. The van der Waals surface area contributed by atoms with Crippen LogP contribution in [0.1, 0.15) is 27.2 Å². The van der Waals surface area contributed by atoms with Crippen molar-refractivity contribution in [3.05, 3.63) is 0 Å². The van der Waals surface area contributed by atoms with Crippen LogP contribution in [0.3, 0.4) is 0 Å². The van der Waals surface area contributed by atoms with Crippen molar-refractivity contribution in [1.29, 1.82) is 0 Å². The zero-order valence-corrected chi connectivity index (χ0v) is 12.8. The van der Waals surface area contributed by atoms with Crippen molar-refractivity contribution in [1.82, 2.24) is 0 Å². The van der Waals surface area contributed by atoms with Crippen molar-refractivity contribution in [3.63, 3.8) is 0 Å². The van der Waals surface area contributed by atoms with E-state index < -0.39 is 20.5 Å². The Bertz CT molecular complexity index is 299. The standard InChI is InChI=1S/C12H22O6Si/c1-4-19(17-10(2)13,18-11(3)14)7-5-6-15-8-12-9-16-12/h12H,4-9H2,1-3H3. The van der Waals surface area contributed by atoms with Crippen LogP contribution < -0.4 is 0 Å². The summed E-state index contributed by atoms with van der Waals surface area (Å²) in [4.78, 5) is 22.3. The van der Waals surface area contributed by atoms with Gasteiger partial charge >= 0.3 is 8.56 Å². The van der Waals surface area contributed by atoms with E-state index in [4.69, 9.17) is 18.3 Å². The fourth-order valence-corrected chi connectivity index (χ4v) is 4.41. The molecule has 0 spiro atoms. The third-order valence-corrected chi connectivity index (χ3v) is 6.26. The maximum absolute atomic E-state index is 11.2. The third kappa shape index (κ3) is 6.70. The minimum atomic E-state index is -2.77. The molecule has 1 fully saturated rings. The highest BCUT2D eigenvalue weighted by Crippen LogP contribution is 2.22. The molecule has 1 aliphatic heterocycles. The molecule has 1 atom stereocenters. The van der Waals surface area contributed by atoms with E-state index in [1.807, 2.05) is 6.92 Å². The predicted octanol–water partition coefficient (Wildman–Crippen LogP) is 1.38. The lowest BCUT2D eigenvalue weighted by Crippen LogP contribution is -2.44. The first-order valence-corrected chi connectivity index (χ1v) is 8.79. The molecule has 0 aromatic heterocycles. The summed E-state index contributed by atoms with van der Waals surface area (Å²) in [6, 6.07) is 1.12. The second kappa shape index (κ2) is 7.61. The predicted molar refractivity (Wildman–Crippen MR) is 69.8 cm³/mol. The van der Waals surface area contributed by atoms with E-state index >= 15 is 0 Å². The van der Waals surface area contributed by atoms with Crippen molar-refractivity contribution < 1.29 is 27.9 Å². The average molecular weight is 290 g/mol. The molecule has 1 aliphatic rings. The lowest BCUT2D eigenvalue weighted by molar-refractivity contribution is -0.139. The zero-order valence-electron chi connectivity index (χ0n) is 11.8. The normalized spacial score (nSPS) is 17.9. The summed E-state index contributed by atoms with van der Waals surface area (Å²) in [6.45, 7) is 6.47. The summed E-state index contributed by atoms with van der Waals surface area (Å²) in [6.07, 6.45) is 0.947. The number of carbonyl (C=O) groups excluding carboxylic acids is 2. The Morgan fingerprint density at radius 3 is 2.26 bits per heavy atom. The molecule has 0 aromatic rings. The first-order valence-electron chi connectivity index (χ1n) is 6.56. The van der Waals surface area contributed by atoms with Crippen LogP contribution in [0.4, 0.5) is 0 Å². The lowest BCUT2D eigenvalue weighted by atomic mass is 10.5. The van der Waals surface area contributed by atoms with Gasteiger partial charge in [0.15, 0.2) is 0 Å². The molecular weight excluding hydrogens is 268 g/mol. The van der Waals surface area contributed by atoms with Gasteiger partial charge in [-0.1, -0.05) is 6.92 Å². The van der Waals surface area contributed by atoms with E-state index in [0.717, 1.165) is 6.61 Å². The SMILES string of the molecule is CC[Si](CCCOCC1CO1)(OC(C)=O)OC(C)=O. The Labute approximate surface area is 114 Å². The molecule has 0 radical (unpaired) electrons. The van der Waals surface area contributed by atoms with Gasteiger partial charge in [-0.05, 0) is 6.42 Å². The van der Waals surface area contributed by atoms with Crippen molar-refractivity contribution in [2.45, 2.75) is 45.4 Å². The Balaban J connectivity index is 2.36. The number of ether oxygens (including phenoxy) is 2. The van der Waals surface area contributed by atoms with Crippen molar-refractivity contribution >= 4 is 20.5 Å². The molecule has 0 bridgehead atoms. The van der Waals surface area contributed by atoms with Gasteiger partial charge in [-0.3, -0.25) is 9.59 Å². The number of epoxide rings is 1. The topological polar surface area (TPSA) is 74.4 Å². The van der Waals surface area contributed by atoms with Gasteiger partial charge in [-0.15, -0.1) is 0 Å². The fraction of sp³-hybridized carbons (Fsp3) is 0.833. The Kier molecular flexibility index (Phi) is 6.46. The van der Waals surface area contributed by atoms with Crippen LogP contribution in [-0.4, -0.2) is 46.4 Å². The minimum absolute atomic E-state index is 0.245. The van der Waals surface area contributed by atoms with E-state index in [2.05, 4.69) is 0 Å². The van der Waals surface area contributed by atoms with Crippen LogP contribution in [0.5, 0.6) is 0 Å². The van der Waals surface area contributed by atoms with E-state index in [0.29, 0.717) is 31.7 Å². The first kappa shape index (κ1) is 16.1. The molecule has 1 heterocycles. The van der Waals surface area contributed by atoms with E-state index in [1.165, 1.54) is 13.8 Å². The molecule has 1 saturated heterocycles. The molecule has 0 N–H and O–H groups in total. The van der Waals surface area contributed by atoms with E-state index in [9.17, 15) is 9.59 Å². The summed E-state index contributed by atoms with van der Waals surface area (Å²) in [5, 5.41) is 0. The maximum atomic E-state index is 11.2. The maximum Gasteiger partial charge on any atom is 0.464 e. The summed E-state index contributed by atoms with van der Waals surface area (Å²) in [7, 11) is -2.77. The Morgan fingerprint density at radius 1 is 1.26 bits per heavy atom. The molecule has 0 saturated carbocycles.